The summed E-state index contributed by atoms with van der Waals surface area (Å²) in [5, 5.41) is 12.8. The molecule has 2 heterocycles. The Morgan fingerprint density at radius 1 is 1.00 bits per heavy atom. The van der Waals surface area contributed by atoms with Gasteiger partial charge in [-0.05, 0) is 55.3 Å². The number of para-hydroxylation sites is 1. The highest BCUT2D eigenvalue weighted by molar-refractivity contribution is 7.89. The molecule has 0 bridgehead atoms. The van der Waals surface area contributed by atoms with Crippen molar-refractivity contribution in [2.24, 2.45) is 0 Å². The van der Waals surface area contributed by atoms with Gasteiger partial charge in [-0.2, -0.15) is 4.52 Å². The minimum atomic E-state index is -3.62. The quantitative estimate of drug-likeness (QED) is 0.409. The second kappa shape index (κ2) is 8.93. The van der Waals surface area contributed by atoms with E-state index in [4.69, 9.17) is 9.47 Å². The van der Waals surface area contributed by atoms with Crippen molar-refractivity contribution in [3.05, 3.63) is 65.7 Å². The third kappa shape index (κ3) is 4.41. The van der Waals surface area contributed by atoms with Crippen molar-refractivity contribution in [3.63, 3.8) is 0 Å². The Morgan fingerprint density at radius 2 is 1.81 bits per heavy atom. The minimum absolute atomic E-state index is 0.0938. The van der Waals surface area contributed by atoms with Crippen molar-refractivity contribution in [1.29, 1.82) is 0 Å². The molecule has 32 heavy (non-hydrogen) atoms. The van der Waals surface area contributed by atoms with E-state index in [-0.39, 0.29) is 18.0 Å². The number of fused-ring (bicyclic) bond motifs is 1. The van der Waals surface area contributed by atoms with Crippen molar-refractivity contribution < 1.29 is 17.9 Å². The molecule has 0 aliphatic heterocycles. The SMILES string of the molecule is COc1ccccc1-c1nnc2ccc(OCCNS(=O)(=O)c3ccc(C)c(C)c3)nn12. The van der Waals surface area contributed by atoms with E-state index in [0.29, 0.717) is 23.1 Å². The summed E-state index contributed by atoms with van der Waals surface area (Å²) >= 11 is 0. The van der Waals surface area contributed by atoms with Crippen molar-refractivity contribution in [1.82, 2.24) is 24.5 Å². The first kappa shape index (κ1) is 21.7. The van der Waals surface area contributed by atoms with Crippen LogP contribution in [0.25, 0.3) is 17.0 Å². The lowest BCUT2D eigenvalue weighted by molar-refractivity contribution is 0.306. The van der Waals surface area contributed by atoms with Crippen LogP contribution in [0.1, 0.15) is 11.1 Å². The molecule has 0 radical (unpaired) electrons. The Hall–Kier alpha value is -3.50. The molecule has 0 spiro atoms. The lowest BCUT2D eigenvalue weighted by Gasteiger charge is -2.10. The number of hydrogen-bond acceptors (Lipinski definition) is 7. The van der Waals surface area contributed by atoms with Crippen LogP contribution < -0.4 is 14.2 Å². The van der Waals surface area contributed by atoms with Gasteiger partial charge in [0.25, 0.3) is 0 Å². The predicted molar refractivity (Wildman–Crippen MR) is 119 cm³/mol. The molecule has 1 N–H and O–H groups in total. The third-order valence-electron chi connectivity index (χ3n) is 5.02. The molecule has 0 saturated heterocycles. The topological polar surface area (TPSA) is 108 Å². The van der Waals surface area contributed by atoms with Crippen LogP contribution in [0, 0.1) is 13.8 Å². The van der Waals surface area contributed by atoms with Gasteiger partial charge in [0, 0.05) is 12.6 Å². The molecule has 10 heteroatoms. The molecule has 4 aromatic rings. The molecule has 0 fully saturated rings. The van der Waals surface area contributed by atoms with Crippen LogP contribution in [0.3, 0.4) is 0 Å². The van der Waals surface area contributed by atoms with Crippen molar-refractivity contribution in [2.45, 2.75) is 18.7 Å². The predicted octanol–water partition coefficient (Wildman–Crippen LogP) is 2.77. The average Bonchev–Trinajstić information content (AvgIpc) is 3.21. The van der Waals surface area contributed by atoms with Gasteiger partial charge in [-0.3, -0.25) is 0 Å². The van der Waals surface area contributed by atoms with Gasteiger partial charge in [-0.15, -0.1) is 15.3 Å². The second-order valence-electron chi connectivity index (χ2n) is 7.16. The molecule has 2 aromatic heterocycles. The van der Waals surface area contributed by atoms with E-state index in [1.54, 1.807) is 42.0 Å². The zero-order valence-corrected chi connectivity index (χ0v) is 18.8. The lowest BCUT2D eigenvalue weighted by atomic mass is 10.1. The van der Waals surface area contributed by atoms with Crippen molar-refractivity contribution in [3.8, 4) is 23.0 Å². The standard InChI is InChI=1S/C22H23N5O4S/c1-15-8-9-17(14-16(15)2)32(28,29)23-12-13-31-21-11-10-20-24-25-22(27(20)26-21)18-6-4-5-7-19(18)30-3/h4-11,14,23H,12-13H2,1-3H3. The van der Waals surface area contributed by atoms with E-state index in [1.807, 2.05) is 38.1 Å². The first-order valence-corrected chi connectivity index (χ1v) is 11.4. The van der Waals surface area contributed by atoms with Crippen LogP contribution in [-0.2, 0) is 10.0 Å². The maximum Gasteiger partial charge on any atom is 0.240 e. The van der Waals surface area contributed by atoms with Gasteiger partial charge in [-0.1, -0.05) is 18.2 Å². The van der Waals surface area contributed by atoms with Crippen LogP contribution in [0.4, 0.5) is 0 Å². The normalized spacial score (nSPS) is 11.6. The van der Waals surface area contributed by atoms with Crippen LogP contribution in [-0.4, -0.2) is 48.5 Å². The molecule has 0 saturated carbocycles. The van der Waals surface area contributed by atoms with Gasteiger partial charge in [0.15, 0.2) is 11.5 Å². The first-order chi connectivity index (χ1) is 15.4. The number of hydrogen-bond donors (Lipinski definition) is 1. The summed E-state index contributed by atoms with van der Waals surface area (Å²) in [6, 6.07) is 15.9. The van der Waals surface area contributed by atoms with E-state index in [0.717, 1.165) is 16.7 Å². The van der Waals surface area contributed by atoms with Crippen molar-refractivity contribution in [2.75, 3.05) is 20.3 Å². The molecule has 0 unspecified atom stereocenters. The number of ether oxygens (including phenoxy) is 2. The first-order valence-electron chi connectivity index (χ1n) is 9.94. The highest BCUT2D eigenvalue weighted by atomic mass is 32.2. The summed E-state index contributed by atoms with van der Waals surface area (Å²) in [7, 11) is -2.03. The van der Waals surface area contributed by atoms with E-state index < -0.39 is 10.0 Å². The molecule has 2 aromatic carbocycles. The Balaban J connectivity index is 1.45. The molecule has 4 rings (SSSR count). The third-order valence-corrected chi connectivity index (χ3v) is 6.48. The number of nitrogens with zero attached hydrogens (tertiary/aromatic N) is 4. The summed E-state index contributed by atoms with van der Waals surface area (Å²) in [6.45, 7) is 4.01. The van der Waals surface area contributed by atoms with Gasteiger partial charge in [0.1, 0.15) is 12.4 Å². The number of aryl methyl sites for hydroxylation is 2. The molecular formula is C22H23N5O4S. The van der Waals surface area contributed by atoms with Gasteiger partial charge >= 0.3 is 0 Å². The summed E-state index contributed by atoms with van der Waals surface area (Å²) in [4.78, 5) is 0.228. The Bertz CT molecular complexity index is 1370. The monoisotopic (exact) mass is 453 g/mol. The summed E-state index contributed by atoms with van der Waals surface area (Å²) in [6.07, 6.45) is 0. The molecular weight excluding hydrogens is 430 g/mol. The number of benzene rings is 2. The zero-order chi connectivity index (χ0) is 22.7. The van der Waals surface area contributed by atoms with E-state index in [9.17, 15) is 8.42 Å². The van der Waals surface area contributed by atoms with Gasteiger partial charge in [0.2, 0.25) is 15.9 Å². The molecule has 9 nitrogen and oxygen atoms in total. The number of aromatic nitrogens is 4. The lowest BCUT2D eigenvalue weighted by Crippen LogP contribution is -2.28. The smallest absolute Gasteiger partial charge is 0.240 e. The summed E-state index contributed by atoms with van der Waals surface area (Å²) in [5.41, 5.74) is 3.25. The maximum atomic E-state index is 12.5. The van der Waals surface area contributed by atoms with E-state index in [2.05, 4.69) is 20.0 Å². The maximum absolute atomic E-state index is 12.5. The Morgan fingerprint density at radius 3 is 2.59 bits per heavy atom. The summed E-state index contributed by atoms with van der Waals surface area (Å²) < 4.78 is 40.2. The number of sulfonamides is 1. The van der Waals surface area contributed by atoms with Crippen LogP contribution in [0.2, 0.25) is 0 Å². The highest BCUT2D eigenvalue weighted by Gasteiger charge is 2.16. The molecule has 0 amide bonds. The largest absolute Gasteiger partial charge is 0.496 e. The van der Waals surface area contributed by atoms with Crippen LogP contribution in [0.5, 0.6) is 11.6 Å². The average molecular weight is 454 g/mol. The van der Waals surface area contributed by atoms with Crippen molar-refractivity contribution >= 4 is 15.7 Å². The zero-order valence-electron chi connectivity index (χ0n) is 17.9. The fourth-order valence-corrected chi connectivity index (χ4v) is 4.24. The van der Waals surface area contributed by atoms with Crippen LogP contribution >= 0.6 is 0 Å². The Labute approximate surface area is 186 Å². The number of rotatable bonds is 8. The van der Waals surface area contributed by atoms with Gasteiger partial charge < -0.3 is 9.47 Å². The van der Waals surface area contributed by atoms with E-state index >= 15 is 0 Å². The van der Waals surface area contributed by atoms with E-state index in [1.165, 1.54) is 0 Å². The number of methoxy groups -OCH3 is 1. The molecule has 0 atom stereocenters. The highest BCUT2D eigenvalue weighted by Crippen LogP contribution is 2.28. The minimum Gasteiger partial charge on any atom is -0.496 e. The van der Waals surface area contributed by atoms with Gasteiger partial charge in [0.05, 0.1) is 17.6 Å². The second-order valence-corrected chi connectivity index (χ2v) is 8.92. The van der Waals surface area contributed by atoms with Gasteiger partial charge in [-0.25, -0.2) is 13.1 Å². The molecule has 0 aliphatic carbocycles. The molecule has 0 aliphatic rings. The summed E-state index contributed by atoms with van der Waals surface area (Å²) in [5.74, 6) is 1.48. The number of nitrogens with one attached hydrogen (secondary N) is 1. The fraction of sp³-hybridized carbons (Fsp3) is 0.227. The Kier molecular flexibility index (Phi) is 6.06. The molecule has 166 valence electrons. The van der Waals surface area contributed by atoms with Crippen LogP contribution in [0.15, 0.2) is 59.5 Å². The fourth-order valence-electron chi connectivity index (χ4n) is 3.14.